The van der Waals surface area contributed by atoms with Crippen molar-refractivity contribution < 1.29 is 4.79 Å². The third-order valence-corrected chi connectivity index (χ3v) is 6.81. The minimum absolute atomic E-state index is 0.0297. The third kappa shape index (κ3) is 4.30. The van der Waals surface area contributed by atoms with E-state index in [0.29, 0.717) is 10.8 Å². The lowest BCUT2D eigenvalue weighted by Crippen LogP contribution is -2.40. The van der Waals surface area contributed by atoms with E-state index in [0.717, 1.165) is 37.1 Å². The Kier molecular flexibility index (Phi) is 6.26. The smallest absolute Gasteiger partial charge is 0.297 e. The maximum Gasteiger partial charge on any atom is 0.297 e. The summed E-state index contributed by atoms with van der Waals surface area (Å²) in [5, 5.41) is 15.1. The van der Waals surface area contributed by atoms with Crippen LogP contribution in [0.3, 0.4) is 0 Å². The van der Waals surface area contributed by atoms with Crippen LogP contribution >= 0.6 is 11.8 Å². The molecule has 0 radical (unpaired) electrons. The van der Waals surface area contributed by atoms with Crippen LogP contribution in [0.2, 0.25) is 0 Å². The number of aromatic nitrogens is 6. The minimum Gasteiger partial charge on any atom is -0.352 e. The van der Waals surface area contributed by atoms with Gasteiger partial charge in [0.2, 0.25) is 11.1 Å². The molecule has 1 fully saturated rings. The molecule has 2 heterocycles. The van der Waals surface area contributed by atoms with E-state index in [1.54, 1.807) is 9.36 Å². The first-order chi connectivity index (χ1) is 15.0. The molecule has 1 aliphatic rings. The number of para-hydroxylation sites is 1. The molecule has 9 nitrogen and oxygen atoms in total. The minimum atomic E-state index is -0.382. The number of hydrogen-bond donors (Lipinski definition) is 1. The van der Waals surface area contributed by atoms with Gasteiger partial charge in [0.1, 0.15) is 0 Å². The number of carbonyl (C=O) groups excluding carboxylic acids is 1. The molecular weight excluding hydrogens is 414 g/mol. The van der Waals surface area contributed by atoms with Crippen molar-refractivity contribution in [3.63, 3.8) is 0 Å². The highest BCUT2D eigenvalue weighted by Gasteiger charge is 2.26. The number of nitrogens with one attached hydrogen (secondary N) is 1. The van der Waals surface area contributed by atoms with Gasteiger partial charge in [-0.2, -0.15) is 4.68 Å². The van der Waals surface area contributed by atoms with Gasteiger partial charge in [-0.1, -0.05) is 49.2 Å². The molecule has 1 amide bonds. The molecule has 0 spiro atoms. The summed E-state index contributed by atoms with van der Waals surface area (Å²) < 4.78 is 4.80. The summed E-state index contributed by atoms with van der Waals surface area (Å²) >= 11 is 1.25. The van der Waals surface area contributed by atoms with Crippen molar-refractivity contribution in [2.45, 2.75) is 62.4 Å². The quantitative estimate of drug-likeness (QED) is 0.590. The van der Waals surface area contributed by atoms with Gasteiger partial charge in [-0.15, -0.1) is 5.10 Å². The molecule has 0 saturated heterocycles. The van der Waals surface area contributed by atoms with E-state index in [9.17, 15) is 9.59 Å². The van der Waals surface area contributed by atoms with Crippen LogP contribution in [-0.4, -0.2) is 46.8 Å². The first-order valence-electron chi connectivity index (χ1n) is 10.6. The zero-order valence-electron chi connectivity index (χ0n) is 18.0. The van der Waals surface area contributed by atoms with Crippen LogP contribution in [0.4, 0.5) is 0 Å². The summed E-state index contributed by atoms with van der Waals surface area (Å²) in [7, 11) is 1.82. The molecule has 1 N–H and O–H groups in total. The van der Waals surface area contributed by atoms with Gasteiger partial charge in [0.15, 0.2) is 5.69 Å². The molecule has 1 unspecified atom stereocenters. The number of carbonyl (C=O) groups is 1. The van der Waals surface area contributed by atoms with Crippen molar-refractivity contribution >= 4 is 17.7 Å². The summed E-state index contributed by atoms with van der Waals surface area (Å²) in [5.74, 6) is -0.0297. The third-order valence-electron chi connectivity index (χ3n) is 5.78. The Labute approximate surface area is 184 Å². The fourth-order valence-electron chi connectivity index (χ4n) is 3.97. The molecule has 1 aromatic carbocycles. The number of rotatable bonds is 6. The van der Waals surface area contributed by atoms with E-state index in [1.807, 2.05) is 51.2 Å². The Bertz CT molecular complexity index is 1110. The first kappa shape index (κ1) is 21.4. The van der Waals surface area contributed by atoms with Crippen LogP contribution in [0.25, 0.3) is 11.4 Å². The Balaban J connectivity index is 1.59. The fourth-order valence-corrected chi connectivity index (χ4v) is 4.77. The molecule has 164 valence electrons. The maximum atomic E-state index is 13.3. The predicted octanol–water partition coefficient (Wildman–Crippen LogP) is 2.39. The van der Waals surface area contributed by atoms with E-state index in [-0.39, 0.29) is 22.8 Å². The summed E-state index contributed by atoms with van der Waals surface area (Å²) in [5.41, 5.74) is 1.63. The number of amides is 1. The molecule has 3 aromatic rings. The first-order valence-corrected chi connectivity index (χ1v) is 11.4. The SMILES string of the molecule is Cc1c(-n2nnnc2SC(C)C(=O)NC2CCCCC2)c(=O)n(-c2ccccc2)n1C. The molecule has 1 aliphatic carbocycles. The Morgan fingerprint density at radius 2 is 1.90 bits per heavy atom. The van der Waals surface area contributed by atoms with Crippen LogP contribution in [0, 0.1) is 6.92 Å². The molecule has 4 rings (SSSR count). The van der Waals surface area contributed by atoms with Crippen LogP contribution in [-0.2, 0) is 11.8 Å². The highest BCUT2D eigenvalue weighted by atomic mass is 32.2. The normalized spacial score (nSPS) is 15.7. The summed E-state index contributed by atoms with van der Waals surface area (Å²) in [4.78, 5) is 26.0. The molecule has 10 heteroatoms. The zero-order valence-corrected chi connectivity index (χ0v) is 18.8. The second-order valence-electron chi connectivity index (χ2n) is 7.89. The van der Waals surface area contributed by atoms with Crippen molar-refractivity contribution in [3.8, 4) is 11.4 Å². The molecule has 1 saturated carbocycles. The number of hydrogen-bond acceptors (Lipinski definition) is 6. The lowest BCUT2D eigenvalue weighted by Gasteiger charge is -2.24. The van der Waals surface area contributed by atoms with Crippen molar-refractivity contribution in [2.24, 2.45) is 7.05 Å². The van der Waals surface area contributed by atoms with Gasteiger partial charge in [0, 0.05) is 13.1 Å². The fraction of sp³-hybridized carbons (Fsp3) is 0.476. The van der Waals surface area contributed by atoms with E-state index in [2.05, 4.69) is 20.8 Å². The highest BCUT2D eigenvalue weighted by Crippen LogP contribution is 2.25. The van der Waals surface area contributed by atoms with Gasteiger partial charge >= 0.3 is 0 Å². The van der Waals surface area contributed by atoms with E-state index >= 15 is 0 Å². The van der Waals surface area contributed by atoms with Crippen molar-refractivity contribution in [3.05, 3.63) is 46.4 Å². The molecule has 2 aromatic heterocycles. The summed E-state index contributed by atoms with van der Waals surface area (Å²) in [6.07, 6.45) is 5.62. The van der Waals surface area contributed by atoms with Crippen molar-refractivity contribution in [2.75, 3.05) is 0 Å². The average Bonchev–Trinajstić information content (AvgIpc) is 3.31. The topological polar surface area (TPSA) is 99.6 Å². The molecule has 1 atom stereocenters. The van der Waals surface area contributed by atoms with Gasteiger partial charge < -0.3 is 5.32 Å². The van der Waals surface area contributed by atoms with Gasteiger partial charge in [-0.25, -0.2) is 4.68 Å². The Morgan fingerprint density at radius 1 is 1.19 bits per heavy atom. The van der Waals surface area contributed by atoms with Crippen molar-refractivity contribution in [1.29, 1.82) is 0 Å². The van der Waals surface area contributed by atoms with Gasteiger partial charge in [0.25, 0.3) is 5.56 Å². The molecule has 0 bridgehead atoms. The predicted molar refractivity (Wildman–Crippen MR) is 119 cm³/mol. The van der Waals surface area contributed by atoms with E-state index in [1.165, 1.54) is 22.9 Å². The maximum absolute atomic E-state index is 13.3. The number of benzene rings is 1. The van der Waals surface area contributed by atoms with Crippen LogP contribution < -0.4 is 10.9 Å². The lowest BCUT2D eigenvalue weighted by atomic mass is 9.95. The van der Waals surface area contributed by atoms with Gasteiger partial charge in [-0.05, 0) is 49.2 Å². The number of nitrogens with zero attached hydrogens (tertiary/aromatic N) is 6. The monoisotopic (exact) mass is 441 g/mol. The van der Waals surface area contributed by atoms with Gasteiger partial charge in [0.05, 0.1) is 16.6 Å². The lowest BCUT2D eigenvalue weighted by molar-refractivity contribution is -0.121. The largest absolute Gasteiger partial charge is 0.352 e. The second kappa shape index (κ2) is 9.09. The average molecular weight is 442 g/mol. The van der Waals surface area contributed by atoms with E-state index < -0.39 is 0 Å². The van der Waals surface area contributed by atoms with Crippen LogP contribution in [0.1, 0.15) is 44.7 Å². The second-order valence-corrected chi connectivity index (χ2v) is 9.19. The molecule has 0 aliphatic heterocycles. The standard InChI is InChI=1S/C21H27N7O2S/c1-14-18(20(30)28(26(14)3)17-12-8-5-9-13-17)27-21(23-24-25-27)31-15(2)19(29)22-16-10-6-4-7-11-16/h5,8-9,12-13,15-16H,4,6-7,10-11H2,1-3H3,(H,22,29). The zero-order chi connectivity index (χ0) is 22.0. The molecule has 31 heavy (non-hydrogen) atoms. The van der Waals surface area contributed by atoms with E-state index in [4.69, 9.17) is 0 Å². The number of thioether (sulfide) groups is 1. The highest BCUT2D eigenvalue weighted by molar-refractivity contribution is 8.00. The Hall–Kier alpha value is -2.88. The number of tetrazole rings is 1. The summed E-state index contributed by atoms with van der Waals surface area (Å²) in [6, 6.07) is 9.66. The molecular formula is C21H27N7O2S. The van der Waals surface area contributed by atoms with Crippen molar-refractivity contribution in [1.82, 2.24) is 34.9 Å². The van der Waals surface area contributed by atoms with Crippen LogP contribution in [0.15, 0.2) is 40.3 Å². The van der Waals surface area contributed by atoms with Gasteiger partial charge in [-0.3, -0.25) is 14.3 Å². The summed E-state index contributed by atoms with van der Waals surface area (Å²) in [6.45, 7) is 3.69. The Morgan fingerprint density at radius 3 is 2.61 bits per heavy atom. The van der Waals surface area contributed by atoms with Crippen LogP contribution in [0.5, 0.6) is 0 Å².